The number of carbonyl (C=O) groups excluding carboxylic acids is 1. The number of aromatic amines is 2. The van der Waals surface area contributed by atoms with Crippen LogP contribution in [0, 0.1) is 18.6 Å². The van der Waals surface area contributed by atoms with E-state index in [-0.39, 0.29) is 23.0 Å². The van der Waals surface area contributed by atoms with Crippen molar-refractivity contribution in [2.75, 3.05) is 6.54 Å². The number of halogens is 5. The molecule has 1 heterocycles. The molecule has 0 radical (unpaired) electrons. The number of amidine groups is 1. The molecule has 3 rings (SSSR count). The molecule has 0 saturated carbocycles. The molecule has 0 atom stereocenters. The van der Waals surface area contributed by atoms with Crippen LogP contribution in [-0.2, 0) is 0 Å². The minimum absolute atomic E-state index is 0.101. The van der Waals surface area contributed by atoms with Gasteiger partial charge in [-0.2, -0.15) is 13.2 Å². The van der Waals surface area contributed by atoms with Crippen molar-refractivity contribution < 1.29 is 31.7 Å². The maximum Gasteiger partial charge on any atom is 0.390 e. The fourth-order valence-corrected chi connectivity index (χ4v) is 3.21. The molecule has 12 heteroatoms. The summed E-state index contributed by atoms with van der Waals surface area (Å²) in [6.45, 7) is 1.23. The molecule has 35 heavy (non-hydrogen) atoms. The number of nitrogens with one attached hydrogen (secondary N) is 3. The van der Waals surface area contributed by atoms with Gasteiger partial charge in [0.05, 0.1) is 6.42 Å². The summed E-state index contributed by atoms with van der Waals surface area (Å²) in [6.07, 6.45) is -2.77. The maximum atomic E-state index is 13.9. The molecule has 0 fully saturated rings. The number of H-pyrrole nitrogens is 2. The third kappa shape index (κ3) is 6.65. The van der Waals surface area contributed by atoms with Crippen molar-refractivity contribution in [3.8, 4) is 11.3 Å². The summed E-state index contributed by atoms with van der Waals surface area (Å²) in [4.78, 5) is 21.2. The third-order valence-electron chi connectivity index (χ3n) is 4.89. The third-order valence-corrected chi connectivity index (χ3v) is 4.89. The molecule has 0 aliphatic carbocycles. The smallest absolute Gasteiger partial charge is 0.384 e. The van der Waals surface area contributed by atoms with Crippen molar-refractivity contribution in [3.63, 3.8) is 0 Å². The van der Waals surface area contributed by atoms with Crippen LogP contribution in [0.2, 0.25) is 0 Å². The Bertz CT molecular complexity index is 1300. The fraction of sp³-hybridized carbons (Fsp3) is 0.174. The first-order valence-electron chi connectivity index (χ1n) is 10.3. The lowest BCUT2D eigenvalue weighted by atomic mass is 10.0. The summed E-state index contributed by atoms with van der Waals surface area (Å²) in [5.74, 6) is -2.94. The van der Waals surface area contributed by atoms with Gasteiger partial charge in [0.1, 0.15) is 23.4 Å². The van der Waals surface area contributed by atoms with Crippen LogP contribution in [0.5, 0.6) is 0 Å². The first-order valence-corrected chi connectivity index (χ1v) is 10.3. The number of aryl methyl sites for hydroxylation is 1. The monoisotopic (exact) mass is 493 g/mol. The highest BCUT2D eigenvalue weighted by molar-refractivity contribution is 5.98. The van der Waals surface area contributed by atoms with Crippen molar-refractivity contribution in [3.05, 3.63) is 77.3 Å². The quantitative estimate of drug-likeness (QED) is 0.217. The standard InChI is InChI=1S/C23H21F5N6O/c1-12-9-13(5-6-14(12)21(30)35)18-11-32-22(34-18)17(31-8-7-23(26,27)28)10-19(29)33-16-4-2-3-15(24)20(16)25/h2-6,9-11,31H,7-8H2,1H3,(H2,29,33)(H2,30,35)(H,32,34)/p+1/b17-10+. The predicted octanol–water partition coefficient (Wildman–Crippen LogP) is 3.75. The van der Waals surface area contributed by atoms with Gasteiger partial charge in [0, 0.05) is 23.7 Å². The number of benzene rings is 2. The number of carbonyl (C=O) groups is 1. The zero-order chi connectivity index (χ0) is 25.8. The summed E-state index contributed by atoms with van der Waals surface area (Å²) >= 11 is 0. The molecule has 0 unspecified atom stereocenters. The van der Waals surface area contributed by atoms with E-state index in [4.69, 9.17) is 11.5 Å². The summed E-state index contributed by atoms with van der Waals surface area (Å²) in [5, 5.41) is 2.62. The number of hydrogen-bond acceptors (Lipinski definition) is 3. The zero-order valence-electron chi connectivity index (χ0n) is 18.4. The lowest BCUT2D eigenvalue weighted by Crippen LogP contribution is -2.25. The Labute approximate surface area is 196 Å². The van der Waals surface area contributed by atoms with Gasteiger partial charge >= 0.3 is 12.0 Å². The molecule has 0 saturated heterocycles. The molecule has 1 amide bonds. The number of rotatable bonds is 8. The van der Waals surface area contributed by atoms with Crippen LogP contribution >= 0.6 is 0 Å². The van der Waals surface area contributed by atoms with Crippen molar-refractivity contribution in [2.24, 2.45) is 16.5 Å². The molecule has 2 aromatic carbocycles. The van der Waals surface area contributed by atoms with E-state index in [1.165, 1.54) is 18.2 Å². The van der Waals surface area contributed by atoms with Gasteiger partial charge in [-0.15, -0.1) is 0 Å². The van der Waals surface area contributed by atoms with Gasteiger partial charge < -0.3 is 16.8 Å². The molecule has 184 valence electrons. The van der Waals surface area contributed by atoms with Crippen molar-refractivity contribution in [2.45, 2.75) is 19.5 Å². The number of primary amides is 1. The normalized spacial score (nSPS) is 12.6. The molecule has 7 N–H and O–H groups in total. The second-order valence-corrected chi connectivity index (χ2v) is 7.56. The minimum atomic E-state index is -4.40. The zero-order valence-corrected chi connectivity index (χ0v) is 18.4. The number of nitrogens with two attached hydrogens (primary N) is 2. The topological polar surface area (TPSA) is 123 Å². The number of amides is 1. The average molecular weight is 493 g/mol. The van der Waals surface area contributed by atoms with Crippen LogP contribution in [-0.4, -0.2) is 29.4 Å². The Morgan fingerprint density at radius 1 is 1.20 bits per heavy atom. The first kappa shape index (κ1) is 25.4. The second-order valence-electron chi connectivity index (χ2n) is 7.56. The van der Waals surface area contributed by atoms with Crippen LogP contribution in [0.15, 0.2) is 53.7 Å². The highest BCUT2D eigenvalue weighted by atomic mass is 19.4. The Balaban J connectivity index is 1.95. The van der Waals surface area contributed by atoms with E-state index in [2.05, 4.69) is 20.3 Å². The number of imidazole rings is 1. The molecule has 7 nitrogen and oxygen atoms in total. The number of nitrogens with zero attached hydrogens (tertiary/aromatic N) is 1. The van der Waals surface area contributed by atoms with Gasteiger partial charge in [0.2, 0.25) is 5.91 Å². The largest absolute Gasteiger partial charge is 0.390 e. The Hall–Kier alpha value is -4.22. The van der Waals surface area contributed by atoms with E-state index in [1.807, 2.05) is 0 Å². The summed E-state index contributed by atoms with van der Waals surface area (Å²) in [6, 6.07) is 8.29. The van der Waals surface area contributed by atoms with E-state index in [0.29, 0.717) is 22.4 Å². The highest BCUT2D eigenvalue weighted by Gasteiger charge is 2.27. The molecule has 0 bridgehead atoms. The van der Waals surface area contributed by atoms with Gasteiger partial charge in [0.15, 0.2) is 17.3 Å². The van der Waals surface area contributed by atoms with Gasteiger partial charge in [-0.05, 0) is 42.8 Å². The van der Waals surface area contributed by atoms with Crippen LogP contribution in [0.4, 0.5) is 27.6 Å². The summed E-state index contributed by atoms with van der Waals surface area (Å²) in [5.41, 5.74) is 13.1. The van der Waals surface area contributed by atoms with Crippen LogP contribution in [0.3, 0.4) is 0 Å². The number of hydrogen-bond donors (Lipinski definition) is 4. The first-order chi connectivity index (χ1) is 16.4. The highest BCUT2D eigenvalue weighted by Crippen LogP contribution is 2.23. The van der Waals surface area contributed by atoms with Gasteiger partial charge in [0.25, 0.3) is 0 Å². The van der Waals surface area contributed by atoms with Crippen molar-refractivity contribution in [1.82, 2.24) is 10.3 Å². The lowest BCUT2D eigenvalue weighted by Gasteiger charge is -2.09. The Kier molecular flexibility index (Phi) is 7.52. The number of aliphatic imine (C=N–C) groups is 1. The molecular weight excluding hydrogens is 471 g/mol. The molecular formula is C23H22F5N6O+. The van der Waals surface area contributed by atoms with E-state index in [1.54, 1.807) is 31.3 Å². The van der Waals surface area contributed by atoms with Crippen molar-refractivity contribution >= 4 is 23.1 Å². The Morgan fingerprint density at radius 2 is 1.94 bits per heavy atom. The number of alkyl halides is 3. The van der Waals surface area contributed by atoms with E-state index in [9.17, 15) is 26.7 Å². The maximum absolute atomic E-state index is 13.9. The lowest BCUT2D eigenvalue weighted by molar-refractivity contribution is -0.379. The summed E-state index contributed by atoms with van der Waals surface area (Å²) in [7, 11) is 0. The van der Waals surface area contributed by atoms with Crippen LogP contribution in [0.25, 0.3) is 17.0 Å². The second kappa shape index (κ2) is 10.4. The molecule has 1 aromatic heterocycles. The molecule has 3 aromatic rings. The van der Waals surface area contributed by atoms with Gasteiger partial charge in [-0.25, -0.2) is 23.7 Å². The predicted molar refractivity (Wildman–Crippen MR) is 120 cm³/mol. The fourth-order valence-electron chi connectivity index (χ4n) is 3.21. The van der Waals surface area contributed by atoms with E-state index >= 15 is 0 Å². The van der Waals surface area contributed by atoms with Crippen LogP contribution < -0.4 is 21.8 Å². The van der Waals surface area contributed by atoms with Gasteiger partial charge in [-0.3, -0.25) is 4.79 Å². The molecule has 0 aliphatic heterocycles. The number of aromatic nitrogens is 2. The van der Waals surface area contributed by atoms with Crippen molar-refractivity contribution in [1.29, 1.82) is 0 Å². The summed E-state index contributed by atoms with van der Waals surface area (Å²) < 4.78 is 65.3. The Morgan fingerprint density at radius 3 is 2.60 bits per heavy atom. The van der Waals surface area contributed by atoms with Crippen LogP contribution in [0.1, 0.15) is 28.2 Å². The van der Waals surface area contributed by atoms with E-state index in [0.717, 1.165) is 6.07 Å². The SMILES string of the molecule is Cc1cc(-c2c[nH+]c(/C(=C\C(N)=Nc3cccc(F)c3F)NCCC(F)(F)F)[nH]2)ccc1C(N)=O. The molecule has 0 aliphatic rings. The minimum Gasteiger partial charge on any atom is -0.384 e. The van der Waals surface area contributed by atoms with Gasteiger partial charge in [-0.1, -0.05) is 6.07 Å². The van der Waals surface area contributed by atoms with E-state index < -0.39 is 36.7 Å². The average Bonchev–Trinajstić information content (AvgIpc) is 3.25. The molecule has 0 spiro atoms.